The number of rotatable bonds is 8. The minimum absolute atomic E-state index is 0.0281. The van der Waals surface area contributed by atoms with Gasteiger partial charge in [0.2, 0.25) is 0 Å². The molecule has 1 fully saturated rings. The van der Waals surface area contributed by atoms with Crippen molar-refractivity contribution in [3.8, 4) is 17.0 Å². The lowest BCUT2D eigenvalue weighted by atomic mass is 9.95. The molecule has 0 aliphatic heterocycles. The number of aromatic carboxylic acids is 1. The lowest BCUT2D eigenvalue weighted by molar-refractivity contribution is 0.0696. The minimum Gasteiger partial charge on any atom is -0.489 e. The highest BCUT2D eigenvalue weighted by Gasteiger charge is 2.54. The second-order valence-electron chi connectivity index (χ2n) is 10.9. The smallest absolute Gasteiger partial charge is 0.335 e. The Bertz CT molecular complexity index is 1850. The van der Waals surface area contributed by atoms with Crippen LogP contribution in [0, 0.1) is 5.82 Å². The van der Waals surface area contributed by atoms with E-state index in [1.54, 1.807) is 24.3 Å². The first-order valence-electron chi connectivity index (χ1n) is 13.2. The van der Waals surface area contributed by atoms with Gasteiger partial charge in [0.25, 0.3) is 0 Å². The van der Waals surface area contributed by atoms with Gasteiger partial charge in [-0.1, -0.05) is 72.9 Å². The molecule has 5 aromatic rings. The van der Waals surface area contributed by atoms with Crippen molar-refractivity contribution < 1.29 is 23.6 Å². The Balaban J connectivity index is 1.24. The third kappa shape index (κ3) is 5.04. The van der Waals surface area contributed by atoms with E-state index in [9.17, 15) is 14.3 Å². The van der Waals surface area contributed by atoms with Crippen molar-refractivity contribution in [2.75, 3.05) is 0 Å². The number of carboxylic acid groups (broad SMARTS) is 1. The second-order valence-corrected chi connectivity index (χ2v) is 13.2. The Morgan fingerprint density at radius 3 is 2.57 bits per heavy atom. The van der Waals surface area contributed by atoms with Gasteiger partial charge in [0, 0.05) is 27.8 Å². The van der Waals surface area contributed by atoms with Gasteiger partial charge >= 0.3 is 5.97 Å². The standard InChI is InChI=1S/C31H24Cl3FN2O4S/c1-14(2)28-17(26(37-41-28)25-20(32)5-4-6-21(25)33)13-40-16-7-8-18(22(34)11-16)31(3)12-19(31)29-36-27-23(35)9-15(30(38)39)10-24(27)42-29/h4-11,14,19H,12-13H2,1-3H3,(H,38,39). The van der Waals surface area contributed by atoms with Crippen LogP contribution < -0.4 is 4.74 Å². The fraction of sp³-hybridized carbons (Fsp3) is 0.258. The molecule has 6 nitrogen and oxygen atoms in total. The number of fused-ring (bicyclic) bond motifs is 1. The number of thiazole rings is 1. The zero-order valence-corrected chi connectivity index (χ0v) is 25.8. The minimum atomic E-state index is -1.18. The quantitative estimate of drug-likeness (QED) is 0.181. The van der Waals surface area contributed by atoms with Gasteiger partial charge in [-0.15, -0.1) is 11.3 Å². The molecule has 0 amide bonds. The fourth-order valence-electron chi connectivity index (χ4n) is 5.34. The molecule has 2 unspecified atom stereocenters. The first-order chi connectivity index (χ1) is 20.0. The number of carboxylic acids is 1. The molecule has 1 saturated carbocycles. The number of benzene rings is 3. The molecule has 0 saturated heterocycles. The van der Waals surface area contributed by atoms with Gasteiger partial charge < -0.3 is 14.4 Å². The summed E-state index contributed by atoms with van der Waals surface area (Å²) in [6, 6.07) is 13.3. The van der Waals surface area contributed by atoms with Gasteiger partial charge in [0.05, 0.1) is 30.9 Å². The van der Waals surface area contributed by atoms with Gasteiger partial charge in [-0.05, 0) is 48.4 Å². The van der Waals surface area contributed by atoms with E-state index in [0.717, 1.165) is 28.6 Å². The first kappa shape index (κ1) is 28.9. The largest absolute Gasteiger partial charge is 0.489 e. The third-order valence-electron chi connectivity index (χ3n) is 7.73. The zero-order valence-electron chi connectivity index (χ0n) is 22.7. The molecule has 2 heterocycles. The van der Waals surface area contributed by atoms with E-state index in [-0.39, 0.29) is 34.9 Å². The van der Waals surface area contributed by atoms with E-state index < -0.39 is 11.8 Å². The lowest BCUT2D eigenvalue weighted by Gasteiger charge is -2.15. The van der Waals surface area contributed by atoms with Crippen LogP contribution in [-0.2, 0) is 12.0 Å². The van der Waals surface area contributed by atoms with Crippen LogP contribution in [0.2, 0.25) is 15.1 Å². The number of halogens is 4. The molecule has 1 aliphatic rings. The molecular weight excluding hydrogens is 622 g/mol. The zero-order chi connectivity index (χ0) is 29.9. The predicted molar refractivity (Wildman–Crippen MR) is 163 cm³/mol. The van der Waals surface area contributed by atoms with Crippen molar-refractivity contribution in [1.82, 2.24) is 10.1 Å². The van der Waals surface area contributed by atoms with E-state index in [1.807, 2.05) is 26.0 Å². The van der Waals surface area contributed by atoms with E-state index in [1.165, 1.54) is 17.4 Å². The highest BCUT2D eigenvalue weighted by Crippen LogP contribution is 2.62. The third-order valence-corrected chi connectivity index (χ3v) is 9.79. The van der Waals surface area contributed by atoms with E-state index in [2.05, 4.69) is 17.1 Å². The molecule has 2 atom stereocenters. The second kappa shape index (κ2) is 10.8. The molecule has 6 rings (SSSR count). The Labute approximate surface area is 260 Å². The van der Waals surface area contributed by atoms with Gasteiger partial charge in [-0.3, -0.25) is 0 Å². The van der Waals surface area contributed by atoms with Crippen LogP contribution in [0.15, 0.2) is 53.1 Å². The Morgan fingerprint density at radius 1 is 1.17 bits per heavy atom. The normalized spacial score (nSPS) is 18.1. The average molecular weight is 646 g/mol. The highest BCUT2D eigenvalue weighted by atomic mass is 35.5. The monoisotopic (exact) mass is 644 g/mol. The van der Waals surface area contributed by atoms with Crippen LogP contribution in [0.25, 0.3) is 21.5 Å². The molecule has 1 N–H and O–H groups in total. The van der Waals surface area contributed by atoms with Crippen LogP contribution in [0.3, 0.4) is 0 Å². The van der Waals surface area contributed by atoms with Crippen LogP contribution >= 0.6 is 46.1 Å². The maximum absolute atomic E-state index is 14.6. The Morgan fingerprint density at radius 2 is 1.90 bits per heavy atom. The van der Waals surface area contributed by atoms with Gasteiger partial charge in [-0.25, -0.2) is 14.2 Å². The van der Waals surface area contributed by atoms with Crippen molar-refractivity contribution in [3.63, 3.8) is 0 Å². The summed E-state index contributed by atoms with van der Waals surface area (Å²) in [6.45, 7) is 6.27. The SMILES string of the molecule is CC(C)c1onc(-c2c(Cl)cccc2Cl)c1COc1ccc(C2(C)CC2c2nc3c(F)cc(C(=O)O)cc3s2)c(Cl)c1. The van der Waals surface area contributed by atoms with Crippen molar-refractivity contribution in [3.05, 3.63) is 96.9 Å². The van der Waals surface area contributed by atoms with Gasteiger partial charge in [0.1, 0.15) is 29.3 Å². The van der Waals surface area contributed by atoms with E-state index in [0.29, 0.717) is 42.5 Å². The van der Waals surface area contributed by atoms with Crippen LogP contribution in [0.1, 0.15) is 71.3 Å². The summed E-state index contributed by atoms with van der Waals surface area (Å²) in [7, 11) is 0. The average Bonchev–Trinajstić information content (AvgIpc) is 3.25. The summed E-state index contributed by atoms with van der Waals surface area (Å²) >= 11 is 21.0. The summed E-state index contributed by atoms with van der Waals surface area (Å²) in [5, 5.41) is 15.8. The molecule has 0 spiro atoms. The lowest BCUT2D eigenvalue weighted by Crippen LogP contribution is -2.06. The van der Waals surface area contributed by atoms with Gasteiger partial charge in [0.15, 0.2) is 5.82 Å². The highest BCUT2D eigenvalue weighted by molar-refractivity contribution is 7.18. The number of aromatic nitrogens is 2. The molecule has 1 aliphatic carbocycles. The van der Waals surface area contributed by atoms with Crippen LogP contribution in [0.4, 0.5) is 4.39 Å². The summed E-state index contributed by atoms with van der Waals surface area (Å²) in [5.41, 5.74) is 2.60. The van der Waals surface area contributed by atoms with Crippen molar-refractivity contribution in [1.29, 1.82) is 0 Å². The summed E-state index contributed by atoms with van der Waals surface area (Å²) in [5.74, 6) is -0.484. The van der Waals surface area contributed by atoms with Gasteiger partial charge in [-0.2, -0.15) is 0 Å². The molecule has 0 radical (unpaired) electrons. The fourth-order valence-corrected chi connectivity index (χ4v) is 7.58. The van der Waals surface area contributed by atoms with Crippen molar-refractivity contribution in [2.24, 2.45) is 0 Å². The Kier molecular flexibility index (Phi) is 7.46. The number of hydrogen-bond donors (Lipinski definition) is 1. The molecule has 0 bridgehead atoms. The number of carbonyl (C=O) groups is 1. The van der Waals surface area contributed by atoms with Crippen LogP contribution in [-0.4, -0.2) is 21.2 Å². The van der Waals surface area contributed by atoms with Crippen LogP contribution in [0.5, 0.6) is 5.75 Å². The molecule has 3 aromatic carbocycles. The number of hydrogen-bond acceptors (Lipinski definition) is 6. The van der Waals surface area contributed by atoms with E-state index >= 15 is 0 Å². The van der Waals surface area contributed by atoms with Crippen molar-refractivity contribution >= 4 is 62.3 Å². The van der Waals surface area contributed by atoms with Crippen molar-refractivity contribution in [2.45, 2.75) is 51.0 Å². The summed E-state index contributed by atoms with van der Waals surface area (Å²) in [4.78, 5) is 15.9. The Hall–Kier alpha value is -3.17. The molecule has 216 valence electrons. The topological polar surface area (TPSA) is 85.5 Å². The molecule has 11 heteroatoms. The molecular formula is C31H24Cl3FN2O4S. The number of ether oxygens (including phenoxy) is 1. The van der Waals surface area contributed by atoms with E-state index in [4.69, 9.17) is 44.1 Å². The molecule has 2 aromatic heterocycles. The molecule has 42 heavy (non-hydrogen) atoms. The number of nitrogens with zero attached hydrogens (tertiary/aromatic N) is 2. The summed E-state index contributed by atoms with van der Waals surface area (Å²) < 4.78 is 26.9. The maximum Gasteiger partial charge on any atom is 0.335 e. The predicted octanol–water partition coefficient (Wildman–Crippen LogP) is 9.90. The summed E-state index contributed by atoms with van der Waals surface area (Å²) in [6.07, 6.45) is 0.778. The first-order valence-corrected chi connectivity index (χ1v) is 15.1. The maximum atomic E-state index is 14.6.